The topological polar surface area (TPSA) is 53.7 Å². The molecule has 20 heavy (non-hydrogen) atoms. The van der Waals surface area contributed by atoms with Crippen LogP contribution in [0, 0.1) is 0 Å². The van der Waals surface area contributed by atoms with Gasteiger partial charge in [0.2, 0.25) is 0 Å². The van der Waals surface area contributed by atoms with E-state index in [-0.39, 0.29) is 0 Å². The fourth-order valence-corrected chi connectivity index (χ4v) is 1.64. The first-order chi connectivity index (χ1) is 9.86. The van der Waals surface area contributed by atoms with E-state index in [0.717, 1.165) is 30.8 Å². The molecular weight excluding hydrogens is 254 g/mol. The zero-order valence-corrected chi connectivity index (χ0v) is 12.5. The summed E-state index contributed by atoms with van der Waals surface area (Å²) in [5.74, 6) is 0.880. The van der Waals surface area contributed by atoms with Crippen LogP contribution in [0.5, 0.6) is 5.75 Å². The maximum absolute atomic E-state index is 5.61. The molecule has 0 amide bonds. The van der Waals surface area contributed by atoms with Gasteiger partial charge in [0.25, 0.3) is 0 Å². The van der Waals surface area contributed by atoms with Crippen molar-refractivity contribution in [3.8, 4) is 5.75 Å². The molecule has 0 aliphatic heterocycles. The quantitative estimate of drug-likeness (QED) is 0.599. The zero-order valence-electron chi connectivity index (χ0n) is 12.5. The molecule has 0 bridgehead atoms. The molecule has 1 aromatic rings. The van der Waals surface area contributed by atoms with Crippen molar-refractivity contribution in [3.63, 3.8) is 0 Å². The number of rotatable bonds is 12. The largest absolute Gasteiger partial charge is 0.494 e. The minimum Gasteiger partial charge on any atom is -0.494 e. The summed E-state index contributed by atoms with van der Waals surface area (Å²) in [5.41, 5.74) is 6.65. The van der Waals surface area contributed by atoms with Crippen LogP contribution in [-0.2, 0) is 16.0 Å². The van der Waals surface area contributed by atoms with Gasteiger partial charge in [-0.15, -0.1) is 0 Å². The molecule has 0 fully saturated rings. The summed E-state index contributed by atoms with van der Waals surface area (Å²) in [5, 5.41) is 0. The van der Waals surface area contributed by atoms with Crippen molar-refractivity contribution in [2.24, 2.45) is 5.73 Å². The molecule has 0 aromatic heterocycles. The van der Waals surface area contributed by atoms with E-state index in [2.05, 4.69) is 6.92 Å². The molecule has 0 heterocycles. The van der Waals surface area contributed by atoms with Crippen molar-refractivity contribution < 1.29 is 14.2 Å². The van der Waals surface area contributed by atoms with Crippen molar-refractivity contribution >= 4 is 0 Å². The molecule has 1 aromatic carbocycles. The van der Waals surface area contributed by atoms with Gasteiger partial charge in [-0.3, -0.25) is 0 Å². The summed E-state index contributed by atoms with van der Waals surface area (Å²) < 4.78 is 16.5. The second kappa shape index (κ2) is 11.7. The molecule has 0 spiro atoms. The van der Waals surface area contributed by atoms with Crippen LogP contribution in [-0.4, -0.2) is 33.0 Å². The first-order valence-corrected chi connectivity index (χ1v) is 7.44. The van der Waals surface area contributed by atoms with Gasteiger partial charge in [0.05, 0.1) is 19.8 Å². The molecule has 114 valence electrons. The summed E-state index contributed by atoms with van der Waals surface area (Å²) >= 11 is 0. The Morgan fingerprint density at radius 2 is 1.50 bits per heavy atom. The van der Waals surface area contributed by atoms with Crippen molar-refractivity contribution in [2.45, 2.75) is 32.7 Å². The lowest BCUT2D eigenvalue weighted by atomic mass is 10.2. The van der Waals surface area contributed by atoms with Gasteiger partial charge in [0.1, 0.15) is 5.75 Å². The highest BCUT2D eigenvalue weighted by atomic mass is 16.5. The second-order valence-corrected chi connectivity index (χ2v) is 4.63. The number of nitrogens with two attached hydrogens (primary N) is 1. The predicted molar refractivity (Wildman–Crippen MR) is 81.0 cm³/mol. The lowest BCUT2D eigenvalue weighted by Gasteiger charge is -2.08. The van der Waals surface area contributed by atoms with Crippen LogP contribution >= 0.6 is 0 Å². The molecule has 0 aliphatic rings. The molecule has 0 radical (unpaired) electrons. The molecule has 0 unspecified atom stereocenters. The van der Waals surface area contributed by atoms with E-state index < -0.39 is 0 Å². The van der Waals surface area contributed by atoms with Crippen LogP contribution in [0.2, 0.25) is 0 Å². The highest BCUT2D eigenvalue weighted by Gasteiger charge is 1.95. The van der Waals surface area contributed by atoms with Crippen molar-refractivity contribution in [1.82, 2.24) is 0 Å². The van der Waals surface area contributed by atoms with Crippen LogP contribution in [0.1, 0.15) is 31.7 Å². The van der Waals surface area contributed by atoms with E-state index in [9.17, 15) is 0 Å². The Morgan fingerprint density at radius 1 is 0.850 bits per heavy atom. The van der Waals surface area contributed by atoms with Gasteiger partial charge in [-0.2, -0.15) is 0 Å². The highest BCUT2D eigenvalue weighted by molar-refractivity contribution is 5.26. The SMILES string of the molecule is CCCCOCCOCCCOc1ccc(CN)cc1. The minimum atomic E-state index is 0.564. The van der Waals surface area contributed by atoms with Crippen LogP contribution in [0.4, 0.5) is 0 Å². The maximum Gasteiger partial charge on any atom is 0.119 e. The smallest absolute Gasteiger partial charge is 0.119 e. The molecule has 0 saturated carbocycles. The molecule has 4 nitrogen and oxygen atoms in total. The highest BCUT2D eigenvalue weighted by Crippen LogP contribution is 2.11. The maximum atomic E-state index is 5.61. The average Bonchev–Trinajstić information content (AvgIpc) is 2.50. The van der Waals surface area contributed by atoms with Gasteiger partial charge in [-0.05, 0) is 24.1 Å². The Bertz CT molecular complexity index is 327. The third-order valence-corrected chi connectivity index (χ3v) is 2.88. The molecule has 1 rings (SSSR count). The summed E-state index contributed by atoms with van der Waals surface area (Å²) in [4.78, 5) is 0. The normalized spacial score (nSPS) is 10.7. The first kappa shape index (κ1) is 17.0. The number of ether oxygens (including phenoxy) is 3. The molecule has 4 heteroatoms. The summed E-state index contributed by atoms with van der Waals surface area (Å²) in [6, 6.07) is 7.87. The Kier molecular flexibility index (Phi) is 9.92. The fraction of sp³-hybridized carbons (Fsp3) is 0.625. The summed E-state index contributed by atoms with van der Waals surface area (Å²) in [7, 11) is 0. The van der Waals surface area contributed by atoms with Crippen LogP contribution in [0.25, 0.3) is 0 Å². The number of benzene rings is 1. The van der Waals surface area contributed by atoms with Gasteiger partial charge in [0.15, 0.2) is 0 Å². The molecule has 2 N–H and O–H groups in total. The third kappa shape index (κ3) is 8.15. The third-order valence-electron chi connectivity index (χ3n) is 2.88. The number of hydrogen-bond donors (Lipinski definition) is 1. The fourth-order valence-electron chi connectivity index (χ4n) is 1.64. The number of hydrogen-bond acceptors (Lipinski definition) is 4. The molecule has 0 saturated heterocycles. The van der Waals surface area contributed by atoms with Gasteiger partial charge in [0, 0.05) is 26.2 Å². The summed E-state index contributed by atoms with van der Waals surface area (Å²) in [6.07, 6.45) is 3.18. The Morgan fingerprint density at radius 3 is 2.10 bits per heavy atom. The average molecular weight is 281 g/mol. The number of unbranched alkanes of at least 4 members (excludes halogenated alkanes) is 1. The van der Waals surface area contributed by atoms with Gasteiger partial charge in [-0.1, -0.05) is 25.5 Å². The predicted octanol–water partition coefficient (Wildman–Crippen LogP) is 2.75. The van der Waals surface area contributed by atoms with Crippen molar-refractivity contribution in [2.75, 3.05) is 33.0 Å². The van der Waals surface area contributed by atoms with E-state index in [1.807, 2.05) is 24.3 Å². The Balaban J connectivity index is 1.91. The van der Waals surface area contributed by atoms with E-state index >= 15 is 0 Å². The van der Waals surface area contributed by atoms with E-state index in [1.54, 1.807) is 0 Å². The lowest BCUT2D eigenvalue weighted by Crippen LogP contribution is -2.08. The van der Waals surface area contributed by atoms with E-state index in [4.69, 9.17) is 19.9 Å². The van der Waals surface area contributed by atoms with Crippen LogP contribution < -0.4 is 10.5 Å². The van der Waals surface area contributed by atoms with Crippen molar-refractivity contribution in [3.05, 3.63) is 29.8 Å². The van der Waals surface area contributed by atoms with Crippen LogP contribution in [0.15, 0.2) is 24.3 Å². The lowest BCUT2D eigenvalue weighted by molar-refractivity contribution is 0.0426. The molecule has 0 aliphatic carbocycles. The molecular formula is C16H27NO3. The first-order valence-electron chi connectivity index (χ1n) is 7.44. The Hall–Kier alpha value is -1.10. The van der Waals surface area contributed by atoms with Gasteiger partial charge in [-0.25, -0.2) is 0 Å². The van der Waals surface area contributed by atoms with E-state index in [1.165, 1.54) is 6.42 Å². The minimum absolute atomic E-state index is 0.564. The Labute approximate surface area is 122 Å². The zero-order chi connectivity index (χ0) is 14.5. The van der Waals surface area contributed by atoms with Crippen molar-refractivity contribution in [1.29, 1.82) is 0 Å². The summed E-state index contributed by atoms with van der Waals surface area (Å²) in [6.45, 7) is 6.27. The molecule has 0 atom stereocenters. The van der Waals surface area contributed by atoms with Crippen LogP contribution in [0.3, 0.4) is 0 Å². The van der Waals surface area contributed by atoms with E-state index in [0.29, 0.717) is 33.0 Å². The van der Waals surface area contributed by atoms with Gasteiger partial charge >= 0.3 is 0 Å². The monoisotopic (exact) mass is 281 g/mol. The van der Waals surface area contributed by atoms with Gasteiger partial charge < -0.3 is 19.9 Å². The standard InChI is InChI=1S/C16H27NO3/c1-2-3-9-18-12-13-19-10-4-11-20-16-7-5-15(14-17)6-8-16/h5-8H,2-4,9-14,17H2,1H3. The second-order valence-electron chi connectivity index (χ2n) is 4.63.